The molecule has 0 spiro atoms. The topological polar surface area (TPSA) is 78.4 Å². The number of hydrogen-bond acceptors (Lipinski definition) is 2. The molecule has 118 valence electrons. The summed E-state index contributed by atoms with van der Waals surface area (Å²) in [6.45, 7) is 2.97. The van der Waals surface area contributed by atoms with Crippen molar-refractivity contribution in [1.82, 2.24) is 10.6 Å². The van der Waals surface area contributed by atoms with Gasteiger partial charge < -0.3 is 15.7 Å². The largest absolute Gasteiger partial charge is 0.481 e. The van der Waals surface area contributed by atoms with E-state index in [1.807, 2.05) is 0 Å². The number of carboxylic acids is 1. The van der Waals surface area contributed by atoms with Crippen LogP contribution in [0.5, 0.6) is 0 Å². The third-order valence-corrected chi connectivity index (χ3v) is 4.81. The second-order valence-electron chi connectivity index (χ2n) is 6.32. The molecule has 1 saturated carbocycles. The fourth-order valence-electron chi connectivity index (χ4n) is 3.29. The summed E-state index contributed by atoms with van der Waals surface area (Å²) in [4.78, 5) is 22.7. The molecule has 1 fully saturated rings. The first-order valence-electron chi connectivity index (χ1n) is 8.04. The molecule has 0 saturated heterocycles. The van der Waals surface area contributed by atoms with Gasteiger partial charge in [-0.3, -0.25) is 4.79 Å². The lowest BCUT2D eigenvalue weighted by Crippen LogP contribution is -2.43. The molecular weight excluding hydrogens is 268 g/mol. The van der Waals surface area contributed by atoms with Gasteiger partial charge in [-0.1, -0.05) is 38.3 Å². The van der Waals surface area contributed by atoms with Crippen LogP contribution in [0, 0.1) is 17.8 Å². The van der Waals surface area contributed by atoms with Crippen LogP contribution in [0.3, 0.4) is 0 Å². The minimum atomic E-state index is -0.830. The van der Waals surface area contributed by atoms with Crippen molar-refractivity contribution in [2.75, 3.05) is 6.54 Å². The van der Waals surface area contributed by atoms with Crippen LogP contribution < -0.4 is 10.6 Å². The van der Waals surface area contributed by atoms with E-state index >= 15 is 0 Å². The Labute approximate surface area is 126 Å². The number of carbonyl (C=O) groups is 2. The Kier molecular flexibility index (Phi) is 5.65. The number of rotatable bonds is 5. The zero-order valence-corrected chi connectivity index (χ0v) is 12.7. The molecular formula is C16H26N2O3. The van der Waals surface area contributed by atoms with Gasteiger partial charge >= 0.3 is 12.0 Å². The average molecular weight is 294 g/mol. The van der Waals surface area contributed by atoms with E-state index in [-0.39, 0.29) is 12.1 Å². The van der Waals surface area contributed by atoms with E-state index in [1.54, 1.807) is 12.2 Å². The molecule has 0 aromatic carbocycles. The smallest absolute Gasteiger partial charge is 0.315 e. The number of aliphatic carboxylic acids is 1. The monoisotopic (exact) mass is 294 g/mol. The summed E-state index contributed by atoms with van der Waals surface area (Å²) < 4.78 is 0. The highest BCUT2D eigenvalue weighted by atomic mass is 16.4. The molecule has 2 aliphatic carbocycles. The van der Waals surface area contributed by atoms with Gasteiger partial charge in [0.2, 0.25) is 0 Å². The van der Waals surface area contributed by atoms with E-state index in [9.17, 15) is 9.59 Å². The van der Waals surface area contributed by atoms with Crippen LogP contribution in [0.1, 0.15) is 45.4 Å². The zero-order valence-electron chi connectivity index (χ0n) is 12.7. The molecule has 0 radical (unpaired) electrons. The first-order chi connectivity index (χ1) is 10.1. The Morgan fingerprint density at radius 3 is 2.38 bits per heavy atom. The lowest BCUT2D eigenvalue weighted by molar-refractivity contribution is -0.140. The molecule has 0 heterocycles. The van der Waals surface area contributed by atoms with Crippen molar-refractivity contribution in [3.63, 3.8) is 0 Å². The van der Waals surface area contributed by atoms with E-state index in [0.717, 1.165) is 12.5 Å². The average Bonchev–Trinajstić information content (AvgIpc) is 2.94. The van der Waals surface area contributed by atoms with Crippen molar-refractivity contribution in [2.45, 2.75) is 51.5 Å². The van der Waals surface area contributed by atoms with Gasteiger partial charge in [-0.25, -0.2) is 4.79 Å². The summed E-state index contributed by atoms with van der Waals surface area (Å²) in [6.07, 6.45) is 10.1. The van der Waals surface area contributed by atoms with Gasteiger partial charge in [-0.2, -0.15) is 0 Å². The van der Waals surface area contributed by atoms with E-state index < -0.39 is 11.9 Å². The molecule has 0 bridgehead atoms. The summed E-state index contributed by atoms with van der Waals surface area (Å²) in [5.41, 5.74) is 0. The molecule has 0 aliphatic heterocycles. The fraction of sp³-hybridized carbons (Fsp3) is 0.750. The lowest BCUT2D eigenvalue weighted by Gasteiger charge is -2.28. The zero-order chi connectivity index (χ0) is 15.2. The van der Waals surface area contributed by atoms with Crippen molar-refractivity contribution in [3.8, 4) is 0 Å². The standard InChI is InChI=1S/C16H26N2O3/c1-2-11-3-5-12(6-4-11)10-17-16(21)18-14-8-7-13(9-14)15(19)20/h7-8,11-14H,2-6,9-10H2,1H3,(H,19,20)(H2,17,18,21). The van der Waals surface area contributed by atoms with Crippen molar-refractivity contribution < 1.29 is 14.7 Å². The molecule has 0 aromatic heterocycles. The van der Waals surface area contributed by atoms with Crippen LogP contribution in [0.15, 0.2) is 12.2 Å². The Morgan fingerprint density at radius 1 is 1.14 bits per heavy atom. The summed E-state index contributed by atoms with van der Waals surface area (Å²) >= 11 is 0. The van der Waals surface area contributed by atoms with Crippen molar-refractivity contribution >= 4 is 12.0 Å². The molecule has 5 nitrogen and oxygen atoms in total. The van der Waals surface area contributed by atoms with Crippen molar-refractivity contribution in [2.24, 2.45) is 17.8 Å². The highest BCUT2D eigenvalue weighted by Gasteiger charge is 2.25. The van der Waals surface area contributed by atoms with Crippen LogP contribution in [0.25, 0.3) is 0 Å². The summed E-state index contributed by atoms with van der Waals surface area (Å²) in [7, 11) is 0. The van der Waals surface area contributed by atoms with Gasteiger partial charge in [-0.15, -0.1) is 0 Å². The maximum absolute atomic E-state index is 11.8. The van der Waals surface area contributed by atoms with Gasteiger partial charge in [0.25, 0.3) is 0 Å². The van der Waals surface area contributed by atoms with E-state index in [1.165, 1.54) is 32.1 Å². The molecule has 2 rings (SSSR count). The van der Waals surface area contributed by atoms with Gasteiger partial charge in [0.15, 0.2) is 0 Å². The van der Waals surface area contributed by atoms with Gasteiger partial charge in [-0.05, 0) is 31.1 Å². The Bertz CT molecular complexity index is 400. The molecule has 2 atom stereocenters. The third kappa shape index (κ3) is 4.76. The minimum Gasteiger partial charge on any atom is -0.481 e. The number of nitrogens with one attached hydrogen (secondary N) is 2. The molecule has 21 heavy (non-hydrogen) atoms. The maximum Gasteiger partial charge on any atom is 0.315 e. The number of hydrogen-bond donors (Lipinski definition) is 3. The molecule has 0 aromatic rings. The first kappa shape index (κ1) is 15.9. The summed E-state index contributed by atoms with van der Waals surface area (Å²) in [5, 5.41) is 14.6. The number of amides is 2. The van der Waals surface area contributed by atoms with Crippen LogP contribution in [0.4, 0.5) is 4.79 Å². The van der Waals surface area contributed by atoms with Crippen molar-refractivity contribution in [1.29, 1.82) is 0 Å². The number of carbonyl (C=O) groups excluding carboxylic acids is 1. The fourth-order valence-corrected chi connectivity index (χ4v) is 3.29. The molecule has 5 heteroatoms. The van der Waals surface area contributed by atoms with Crippen LogP contribution >= 0.6 is 0 Å². The molecule has 2 unspecified atom stereocenters. The highest BCUT2D eigenvalue weighted by Crippen LogP contribution is 2.30. The minimum absolute atomic E-state index is 0.165. The maximum atomic E-state index is 11.8. The highest BCUT2D eigenvalue weighted by molar-refractivity contribution is 5.76. The van der Waals surface area contributed by atoms with E-state index in [4.69, 9.17) is 5.11 Å². The predicted octanol–water partition coefficient (Wildman–Crippen LogP) is 2.53. The van der Waals surface area contributed by atoms with E-state index in [0.29, 0.717) is 12.3 Å². The summed E-state index contributed by atoms with van der Waals surface area (Å²) in [5.74, 6) is 0.152. The Morgan fingerprint density at radius 2 is 1.81 bits per heavy atom. The van der Waals surface area contributed by atoms with Crippen LogP contribution in [0.2, 0.25) is 0 Å². The quantitative estimate of drug-likeness (QED) is 0.682. The SMILES string of the molecule is CCC1CCC(CNC(=O)NC2C=CC(C(=O)O)C2)CC1. The van der Waals surface area contributed by atoms with Crippen LogP contribution in [-0.4, -0.2) is 29.7 Å². The number of urea groups is 1. The van der Waals surface area contributed by atoms with E-state index in [2.05, 4.69) is 17.6 Å². The third-order valence-electron chi connectivity index (χ3n) is 4.81. The summed E-state index contributed by atoms with van der Waals surface area (Å²) in [6, 6.07) is -0.352. The number of carboxylic acid groups (broad SMARTS) is 1. The molecule has 2 aliphatic rings. The second kappa shape index (κ2) is 7.48. The molecule has 2 amide bonds. The Balaban J connectivity index is 1.63. The first-order valence-corrected chi connectivity index (χ1v) is 8.04. The lowest BCUT2D eigenvalue weighted by atomic mass is 9.81. The normalized spacial score (nSPS) is 31.9. The van der Waals surface area contributed by atoms with Gasteiger partial charge in [0.1, 0.15) is 0 Å². The second-order valence-corrected chi connectivity index (χ2v) is 6.32. The van der Waals surface area contributed by atoms with Crippen LogP contribution in [-0.2, 0) is 4.79 Å². The van der Waals surface area contributed by atoms with Gasteiger partial charge in [0.05, 0.1) is 12.0 Å². The van der Waals surface area contributed by atoms with Crippen molar-refractivity contribution in [3.05, 3.63) is 12.2 Å². The molecule has 3 N–H and O–H groups in total. The Hall–Kier alpha value is -1.52. The predicted molar refractivity (Wildman–Crippen MR) is 80.9 cm³/mol. The van der Waals surface area contributed by atoms with Gasteiger partial charge in [0, 0.05) is 6.54 Å².